The number of nitrogens with one attached hydrogen (secondary N) is 1. The molecule has 0 amide bonds. The van der Waals surface area contributed by atoms with E-state index in [4.69, 9.17) is 0 Å². The highest BCUT2D eigenvalue weighted by Crippen LogP contribution is 2.29. The van der Waals surface area contributed by atoms with Crippen LogP contribution in [0.25, 0.3) is 0 Å². The van der Waals surface area contributed by atoms with E-state index in [-0.39, 0.29) is 6.10 Å². The number of aliphatic hydroxyl groups is 1. The van der Waals surface area contributed by atoms with Crippen LogP contribution >= 0.6 is 0 Å². The maximum atomic E-state index is 13.7. The van der Waals surface area contributed by atoms with Crippen LogP contribution in [0.2, 0.25) is 0 Å². The molecule has 1 saturated carbocycles. The summed E-state index contributed by atoms with van der Waals surface area (Å²) in [5, 5.41) is 12.2. The fourth-order valence-electron chi connectivity index (χ4n) is 2.19. The first-order chi connectivity index (χ1) is 8.60. The fraction of sp³-hybridized carbons (Fsp3) is 0.667. The van der Waals surface area contributed by atoms with Crippen LogP contribution in [0, 0.1) is 11.7 Å². The standard InChI is InChI=1S/C12H19FN4O/c1-3-14-12-15-6-10(13)11(16-12)17(2)7-8-4-9(18)5-8/h6,8-9,18H,3-5,7H2,1-2H3,(H,14,15,16). The largest absolute Gasteiger partial charge is 0.393 e. The fourth-order valence-corrected chi connectivity index (χ4v) is 2.19. The molecule has 0 atom stereocenters. The molecule has 0 bridgehead atoms. The summed E-state index contributed by atoms with van der Waals surface area (Å²) in [5.74, 6) is 0.748. The number of aromatic nitrogens is 2. The lowest BCUT2D eigenvalue weighted by molar-refractivity contribution is 0.0464. The molecule has 1 aromatic rings. The zero-order valence-electron chi connectivity index (χ0n) is 10.7. The number of halogens is 1. The lowest BCUT2D eigenvalue weighted by Crippen LogP contribution is -2.37. The van der Waals surface area contributed by atoms with E-state index in [0.29, 0.717) is 30.8 Å². The normalized spacial score (nSPS) is 22.4. The molecule has 5 nitrogen and oxygen atoms in total. The van der Waals surface area contributed by atoms with Crippen molar-refractivity contribution in [1.82, 2.24) is 9.97 Å². The van der Waals surface area contributed by atoms with Gasteiger partial charge in [-0.25, -0.2) is 9.37 Å². The Bertz CT molecular complexity index is 409. The van der Waals surface area contributed by atoms with E-state index in [0.717, 1.165) is 12.8 Å². The van der Waals surface area contributed by atoms with Crippen LogP contribution in [-0.2, 0) is 0 Å². The average molecular weight is 254 g/mol. The second-order valence-electron chi connectivity index (χ2n) is 4.77. The molecule has 0 aliphatic heterocycles. The van der Waals surface area contributed by atoms with Crippen LogP contribution < -0.4 is 10.2 Å². The maximum absolute atomic E-state index is 13.7. The number of rotatable bonds is 5. The van der Waals surface area contributed by atoms with Crippen LogP contribution in [0.1, 0.15) is 19.8 Å². The zero-order chi connectivity index (χ0) is 13.1. The molecule has 1 aliphatic rings. The summed E-state index contributed by atoms with van der Waals surface area (Å²) < 4.78 is 13.7. The molecule has 0 saturated heterocycles. The summed E-state index contributed by atoms with van der Waals surface area (Å²) in [6, 6.07) is 0. The van der Waals surface area contributed by atoms with Gasteiger partial charge in [-0.3, -0.25) is 0 Å². The molecule has 1 aliphatic carbocycles. The molecule has 0 radical (unpaired) electrons. The summed E-state index contributed by atoms with van der Waals surface area (Å²) in [5.41, 5.74) is 0. The van der Waals surface area contributed by atoms with Gasteiger partial charge in [0.15, 0.2) is 11.6 Å². The Morgan fingerprint density at radius 1 is 1.56 bits per heavy atom. The van der Waals surface area contributed by atoms with Crippen LogP contribution in [0.15, 0.2) is 6.20 Å². The van der Waals surface area contributed by atoms with Gasteiger partial charge in [-0.15, -0.1) is 0 Å². The number of aliphatic hydroxyl groups excluding tert-OH is 1. The molecule has 1 heterocycles. The highest BCUT2D eigenvalue weighted by molar-refractivity contribution is 5.43. The van der Waals surface area contributed by atoms with Crippen LogP contribution in [0.4, 0.5) is 16.2 Å². The summed E-state index contributed by atoms with van der Waals surface area (Å²) >= 11 is 0. The Hall–Kier alpha value is -1.43. The molecular weight excluding hydrogens is 235 g/mol. The van der Waals surface area contributed by atoms with E-state index in [1.807, 2.05) is 14.0 Å². The third-order valence-corrected chi connectivity index (χ3v) is 3.16. The van der Waals surface area contributed by atoms with Crippen molar-refractivity contribution in [3.63, 3.8) is 0 Å². The first kappa shape index (κ1) is 13.0. The Morgan fingerprint density at radius 3 is 2.89 bits per heavy atom. The van der Waals surface area contributed by atoms with Gasteiger partial charge in [-0.05, 0) is 25.7 Å². The lowest BCUT2D eigenvalue weighted by atomic mass is 9.82. The Balaban J connectivity index is 2.03. The summed E-state index contributed by atoms with van der Waals surface area (Å²) in [6.45, 7) is 3.34. The van der Waals surface area contributed by atoms with E-state index in [2.05, 4.69) is 15.3 Å². The third-order valence-electron chi connectivity index (χ3n) is 3.16. The molecule has 0 unspecified atom stereocenters. The van der Waals surface area contributed by atoms with Crippen molar-refractivity contribution in [2.24, 2.45) is 5.92 Å². The number of hydrogen-bond acceptors (Lipinski definition) is 5. The summed E-state index contributed by atoms with van der Waals surface area (Å²) in [4.78, 5) is 9.82. The van der Waals surface area contributed by atoms with Gasteiger partial charge in [-0.1, -0.05) is 0 Å². The molecule has 18 heavy (non-hydrogen) atoms. The van der Waals surface area contributed by atoms with Crippen LogP contribution in [0.3, 0.4) is 0 Å². The van der Waals surface area contributed by atoms with Crippen molar-refractivity contribution in [3.05, 3.63) is 12.0 Å². The van der Waals surface area contributed by atoms with E-state index in [9.17, 15) is 9.50 Å². The third kappa shape index (κ3) is 2.87. The SMILES string of the molecule is CCNc1ncc(F)c(N(C)CC2CC(O)C2)n1. The second-order valence-corrected chi connectivity index (χ2v) is 4.77. The van der Waals surface area contributed by atoms with Crippen molar-refractivity contribution < 1.29 is 9.50 Å². The van der Waals surface area contributed by atoms with Gasteiger partial charge >= 0.3 is 0 Å². The molecule has 2 N–H and O–H groups in total. The van der Waals surface area contributed by atoms with Crippen molar-refractivity contribution >= 4 is 11.8 Å². The molecule has 2 rings (SSSR count). The molecular formula is C12H19FN4O. The zero-order valence-corrected chi connectivity index (χ0v) is 10.7. The van der Waals surface area contributed by atoms with Gasteiger partial charge < -0.3 is 15.3 Å². The predicted molar refractivity (Wildman–Crippen MR) is 68.2 cm³/mol. The average Bonchev–Trinajstić information content (AvgIpc) is 2.30. The smallest absolute Gasteiger partial charge is 0.224 e. The summed E-state index contributed by atoms with van der Waals surface area (Å²) in [7, 11) is 1.81. The highest BCUT2D eigenvalue weighted by atomic mass is 19.1. The minimum Gasteiger partial charge on any atom is -0.393 e. The minimum absolute atomic E-state index is 0.184. The second kappa shape index (κ2) is 5.48. The van der Waals surface area contributed by atoms with Crippen molar-refractivity contribution in [3.8, 4) is 0 Å². The Kier molecular flexibility index (Phi) is 3.96. The number of nitrogens with zero attached hydrogens (tertiary/aromatic N) is 3. The lowest BCUT2D eigenvalue weighted by Gasteiger charge is -2.34. The van der Waals surface area contributed by atoms with E-state index in [1.165, 1.54) is 6.20 Å². The van der Waals surface area contributed by atoms with Gasteiger partial charge in [0.05, 0.1) is 12.3 Å². The topological polar surface area (TPSA) is 61.3 Å². The highest BCUT2D eigenvalue weighted by Gasteiger charge is 2.28. The molecule has 100 valence electrons. The van der Waals surface area contributed by atoms with Crippen molar-refractivity contribution in [2.75, 3.05) is 30.4 Å². The van der Waals surface area contributed by atoms with Gasteiger partial charge in [0.2, 0.25) is 5.95 Å². The molecule has 0 spiro atoms. The summed E-state index contributed by atoms with van der Waals surface area (Å²) in [6.07, 6.45) is 2.58. The Labute approximate surface area is 106 Å². The van der Waals surface area contributed by atoms with Crippen LogP contribution in [0.5, 0.6) is 0 Å². The molecule has 1 fully saturated rings. The van der Waals surface area contributed by atoms with Gasteiger partial charge in [0.25, 0.3) is 0 Å². The molecule has 1 aromatic heterocycles. The van der Waals surface area contributed by atoms with E-state index >= 15 is 0 Å². The number of hydrogen-bond donors (Lipinski definition) is 2. The van der Waals surface area contributed by atoms with Crippen molar-refractivity contribution in [2.45, 2.75) is 25.9 Å². The van der Waals surface area contributed by atoms with E-state index < -0.39 is 5.82 Å². The van der Waals surface area contributed by atoms with Gasteiger partial charge in [-0.2, -0.15) is 4.98 Å². The van der Waals surface area contributed by atoms with E-state index in [1.54, 1.807) is 4.90 Å². The predicted octanol–water partition coefficient (Wildman–Crippen LogP) is 1.25. The van der Waals surface area contributed by atoms with Crippen LogP contribution in [-0.4, -0.2) is 41.3 Å². The van der Waals surface area contributed by atoms with Gasteiger partial charge in [0, 0.05) is 20.1 Å². The van der Waals surface area contributed by atoms with Gasteiger partial charge in [0.1, 0.15) is 0 Å². The molecule has 0 aromatic carbocycles. The molecule has 6 heteroatoms. The maximum Gasteiger partial charge on any atom is 0.224 e. The van der Waals surface area contributed by atoms with Crippen molar-refractivity contribution in [1.29, 1.82) is 0 Å². The Morgan fingerprint density at radius 2 is 2.28 bits per heavy atom. The quantitative estimate of drug-likeness (QED) is 0.828. The first-order valence-electron chi connectivity index (χ1n) is 6.25. The monoisotopic (exact) mass is 254 g/mol. The minimum atomic E-state index is -0.418. The first-order valence-corrected chi connectivity index (χ1v) is 6.25. The number of anilines is 2.